The molecule has 0 fully saturated rings. The number of fused-ring (bicyclic) bond motifs is 1. The van der Waals surface area contributed by atoms with Crippen molar-refractivity contribution < 1.29 is 14.5 Å². The number of nitrogens with zero attached hydrogens (tertiary/aromatic N) is 4. The summed E-state index contributed by atoms with van der Waals surface area (Å²) in [6.07, 6.45) is 0.700. The molecule has 0 spiro atoms. The molecule has 0 N–H and O–H groups in total. The molecule has 1 aromatic heterocycles. The minimum absolute atomic E-state index is 0. The predicted octanol–water partition coefficient (Wildman–Crippen LogP) is 5.28. The Bertz CT molecular complexity index is 1110. The van der Waals surface area contributed by atoms with Crippen molar-refractivity contribution in [1.29, 1.82) is 0 Å². The minimum Gasteiger partial charge on any atom is -0.494 e. The topological polar surface area (TPSA) is 88.8 Å². The van der Waals surface area contributed by atoms with Crippen LogP contribution >= 0.6 is 35.3 Å². The van der Waals surface area contributed by atoms with Gasteiger partial charge in [-0.3, -0.25) is 19.8 Å². The summed E-state index contributed by atoms with van der Waals surface area (Å²) in [4.78, 5) is 32.2. The van der Waals surface area contributed by atoms with Crippen molar-refractivity contribution in [2.75, 3.05) is 38.7 Å². The summed E-state index contributed by atoms with van der Waals surface area (Å²) in [6, 6.07) is 9.45. The van der Waals surface area contributed by atoms with Gasteiger partial charge in [0.15, 0.2) is 5.13 Å². The van der Waals surface area contributed by atoms with Crippen molar-refractivity contribution in [2.24, 2.45) is 0 Å². The molecule has 1 amide bonds. The molecule has 3 rings (SSSR count). The van der Waals surface area contributed by atoms with Crippen LogP contribution < -0.4 is 9.64 Å². The van der Waals surface area contributed by atoms with Gasteiger partial charge in [0.05, 0.1) is 32.3 Å². The zero-order valence-electron chi connectivity index (χ0n) is 17.9. The first kappa shape index (κ1) is 25.8. The first-order chi connectivity index (χ1) is 14.8. The van der Waals surface area contributed by atoms with E-state index in [2.05, 4.69) is 4.98 Å². The molecule has 3 aromatic rings. The fraction of sp³-hybridized carbons (Fsp3) is 0.333. The average molecular weight is 499 g/mol. The summed E-state index contributed by atoms with van der Waals surface area (Å²) in [7, 11) is 3.91. The number of thiazole rings is 1. The van der Waals surface area contributed by atoms with Crippen LogP contribution in [0.5, 0.6) is 5.75 Å². The number of amides is 1. The van der Waals surface area contributed by atoms with Crippen molar-refractivity contribution in [1.82, 2.24) is 9.88 Å². The molecule has 2 aromatic carbocycles. The van der Waals surface area contributed by atoms with Crippen LogP contribution in [0.1, 0.15) is 23.7 Å². The van der Waals surface area contributed by atoms with Crippen LogP contribution in [0, 0.1) is 10.1 Å². The van der Waals surface area contributed by atoms with E-state index in [1.165, 1.54) is 29.5 Å². The van der Waals surface area contributed by atoms with Crippen molar-refractivity contribution >= 4 is 62.3 Å². The number of benzene rings is 2. The third-order valence-corrected chi connectivity index (χ3v) is 5.88. The van der Waals surface area contributed by atoms with E-state index in [4.69, 9.17) is 16.3 Å². The summed E-state index contributed by atoms with van der Waals surface area (Å²) in [5, 5.41) is 11.9. The smallest absolute Gasteiger partial charge is 0.270 e. The number of non-ortho nitro benzene ring substituents is 1. The fourth-order valence-corrected chi connectivity index (χ4v) is 4.25. The number of aromatic nitrogens is 1. The summed E-state index contributed by atoms with van der Waals surface area (Å²) in [5.41, 5.74) is 0.639. The second-order valence-electron chi connectivity index (χ2n) is 7.09. The maximum atomic E-state index is 13.4. The van der Waals surface area contributed by atoms with Gasteiger partial charge in [0.2, 0.25) is 0 Å². The summed E-state index contributed by atoms with van der Waals surface area (Å²) in [5.74, 6) is 0.314. The van der Waals surface area contributed by atoms with Gasteiger partial charge in [-0.15, -0.1) is 12.4 Å². The molecule has 0 bridgehead atoms. The molecular formula is C21H24Cl2N4O4S. The van der Waals surface area contributed by atoms with E-state index in [1.807, 2.05) is 44.1 Å². The number of halogens is 2. The highest BCUT2D eigenvalue weighted by atomic mass is 35.5. The number of carbonyl (C=O) groups is 1. The minimum atomic E-state index is -0.545. The van der Waals surface area contributed by atoms with E-state index in [0.29, 0.717) is 24.7 Å². The van der Waals surface area contributed by atoms with Gasteiger partial charge >= 0.3 is 0 Å². The number of carbonyl (C=O) groups excluding carboxylic acids is 1. The number of anilines is 1. The van der Waals surface area contributed by atoms with Gasteiger partial charge < -0.3 is 9.64 Å². The maximum absolute atomic E-state index is 13.4. The summed E-state index contributed by atoms with van der Waals surface area (Å²) in [6.45, 7) is 3.63. The first-order valence-corrected chi connectivity index (χ1v) is 10.9. The van der Waals surface area contributed by atoms with Crippen LogP contribution in [0.15, 0.2) is 36.4 Å². The largest absolute Gasteiger partial charge is 0.494 e. The Morgan fingerprint density at radius 1 is 1.22 bits per heavy atom. The first-order valence-electron chi connectivity index (χ1n) is 9.74. The lowest BCUT2D eigenvalue weighted by Crippen LogP contribution is -2.33. The highest BCUT2D eigenvalue weighted by Gasteiger charge is 2.25. The number of hydrogen-bond donors (Lipinski definition) is 0. The molecule has 1 heterocycles. The van der Waals surface area contributed by atoms with E-state index in [0.717, 1.165) is 22.5 Å². The molecule has 0 radical (unpaired) electrons. The normalized spacial score (nSPS) is 10.8. The molecule has 0 aliphatic carbocycles. The molecule has 172 valence electrons. The van der Waals surface area contributed by atoms with Crippen LogP contribution in [0.25, 0.3) is 10.2 Å². The second kappa shape index (κ2) is 11.4. The van der Waals surface area contributed by atoms with Crippen molar-refractivity contribution in [3.05, 3.63) is 57.1 Å². The molecule has 0 aliphatic heterocycles. The van der Waals surface area contributed by atoms with E-state index in [9.17, 15) is 14.9 Å². The monoisotopic (exact) mass is 498 g/mol. The Kier molecular flexibility index (Phi) is 9.21. The Morgan fingerprint density at radius 3 is 2.62 bits per heavy atom. The van der Waals surface area contributed by atoms with Gasteiger partial charge in [0, 0.05) is 18.7 Å². The highest BCUT2D eigenvalue weighted by molar-refractivity contribution is 7.22. The van der Waals surface area contributed by atoms with Crippen LogP contribution in [-0.4, -0.2) is 54.5 Å². The molecule has 8 nitrogen and oxygen atoms in total. The van der Waals surface area contributed by atoms with Crippen molar-refractivity contribution in [3.8, 4) is 5.75 Å². The third kappa shape index (κ3) is 6.07. The predicted molar refractivity (Wildman–Crippen MR) is 131 cm³/mol. The van der Waals surface area contributed by atoms with E-state index in [1.54, 1.807) is 4.90 Å². The molecule has 0 saturated heterocycles. The highest BCUT2D eigenvalue weighted by Crippen LogP contribution is 2.33. The molecule has 0 unspecified atom stereocenters. The van der Waals surface area contributed by atoms with E-state index < -0.39 is 10.8 Å². The Morgan fingerprint density at radius 2 is 1.97 bits per heavy atom. The number of ether oxygens (including phenoxy) is 1. The van der Waals surface area contributed by atoms with Gasteiger partial charge in [0.1, 0.15) is 5.75 Å². The molecule has 11 heteroatoms. The van der Waals surface area contributed by atoms with Crippen molar-refractivity contribution in [2.45, 2.75) is 13.3 Å². The van der Waals surface area contributed by atoms with Crippen LogP contribution in [0.4, 0.5) is 10.8 Å². The molecule has 32 heavy (non-hydrogen) atoms. The third-order valence-electron chi connectivity index (χ3n) is 4.51. The van der Waals surface area contributed by atoms with E-state index >= 15 is 0 Å². The van der Waals surface area contributed by atoms with Crippen molar-refractivity contribution in [3.63, 3.8) is 0 Å². The summed E-state index contributed by atoms with van der Waals surface area (Å²) < 4.78 is 6.44. The lowest BCUT2D eigenvalue weighted by atomic mass is 10.1. The second-order valence-corrected chi connectivity index (χ2v) is 8.51. The Labute approximate surface area is 201 Å². The molecular weight excluding hydrogens is 475 g/mol. The van der Waals surface area contributed by atoms with Gasteiger partial charge in [0.25, 0.3) is 11.6 Å². The number of nitro benzene ring substituents is 1. The van der Waals surface area contributed by atoms with Gasteiger partial charge in [-0.05, 0) is 58.3 Å². The van der Waals surface area contributed by atoms with Gasteiger partial charge in [-0.25, -0.2) is 4.98 Å². The zero-order chi connectivity index (χ0) is 22.5. The maximum Gasteiger partial charge on any atom is 0.270 e. The van der Waals surface area contributed by atoms with Gasteiger partial charge in [-0.1, -0.05) is 22.9 Å². The number of nitro groups is 1. The SMILES string of the molecule is CCOc1ccc2nc(N(CCCN(C)C)C(=O)c3cc([N+](=O)[O-])ccc3Cl)sc2c1.Cl. The molecule has 0 saturated carbocycles. The van der Waals surface area contributed by atoms with Crippen LogP contribution in [0.3, 0.4) is 0 Å². The Balaban J connectivity index is 0.00000363. The lowest BCUT2D eigenvalue weighted by Gasteiger charge is -2.21. The average Bonchev–Trinajstić information content (AvgIpc) is 3.14. The standard InChI is InChI=1S/C21H23ClN4O4S.ClH/c1-4-30-15-7-9-18-19(13-15)31-21(23-18)25(11-5-10-24(2)3)20(27)16-12-14(26(28)29)6-8-17(16)22;/h6-9,12-13H,4-5,10-11H2,1-3H3;1H. The lowest BCUT2D eigenvalue weighted by molar-refractivity contribution is -0.384. The number of hydrogen-bond acceptors (Lipinski definition) is 7. The summed E-state index contributed by atoms with van der Waals surface area (Å²) >= 11 is 7.60. The van der Waals surface area contributed by atoms with E-state index in [-0.39, 0.29) is 28.7 Å². The molecule has 0 atom stereocenters. The fourth-order valence-electron chi connectivity index (χ4n) is 3.03. The van der Waals surface area contributed by atoms with Crippen LogP contribution in [0.2, 0.25) is 5.02 Å². The quantitative estimate of drug-likeness (QED) is 0.294. The molecule has 0 aliphatic rings. The van der Waals surface area contributed by atoms with Gasteiger partial charge in [-0.2, -0.15) is 0 Å². The Hall–Kier alpha value is -2.46. The van der Waals surface area contributed by atoms with Crippen LogP contribution in [-0.2, 0) is 0 Å². The number of rotatable bonds is 9. The zero-order valence-corrected chi connectivity index (χ0v) is 20.3.